The Bertz CT molecular complexity index is 1530. The van der Waals surface area contributed by atoms with Crippen LogP contribution in [0.5, 0.6) is 5.75 Å². The Morgan fingerprint density at radius 1 is 1.00 bits per heavy atom. The minimum atomic E-state index is -4.60. The zero-order chi connectivity index (χ0) is 30.9. The number of likely N-dealkylation sites (tertiary alicyclic amines) is 1. The molecule has 1 fully saturated rings. The van der Waals surface area contributed by atoms with Gasteiger partial charge < -0.3 is 9.84 Å². The van der Waals surface area contributed by atoms with Crippen LogP contribution in [0.15, 0.2) is 30.3 Å². The van der Waals surface area contributed by atoms with Gasteiger partial charge in [-0.15, -0.1) is 16.4 Å². The number of benzene rings is 3. The van der Waals surface area contributed by atoms with E-state index in [0.29, 0.717) is 24.3 Å². The third kappa shape index (κ3) is 6.24. The molecule has 3 aromatic carbocycles. The fraction of sp³-hybridized carbons (Fsp3) is 0.300. The summed E-state index contributed by atoms with van der Waals surface area (Å²) in [6, 6.07) is 7.72. The van der Waals surface area contributed by atoms with Gasteiger partial charge in [0, 0.05) is 12.1 Å². The summed E-state index contributed by atoms with van der Waals surface area (Å²) in [4.78, 5) is 13.5. The second-order valence-electron chi connectivity index (χ2n) is 11.4. The number of hydrogen-bond donors (Lipinski definition) is 1. The molecule has 1 atom stereocenters. The fourth-order valence-electron chi connectivity index (χ4n) is 6.20. The van der Waals surface area contributed by atoms with Gasteiger partial charge >= 0.3 is 12.1 Å². The average molecular weight is 569 g/mol. The molecule has 0 bridgehead atoms. The van der Waals surface area contributed by atoms with Gasteiger partial charge in [0.15, 0.2) is 0 Å². The third-order valence-corrected chi connectivity index (χ3v) is 9.12. The minimum Gasteiger partial charge on any atom is -0.496 e. The number of halogens is 3. The van der Waals surface area contributed by atoms with Crippen LogP contribution >= 0.6 is 0 Å². The summed E-state index contributed by atoms with van der Waals surface area (Å²) >= 11 is 0. The van der Waals surface area contributed by atoms with Gasteiger partial charge in [-0.05, 0) is 66.3 Å². The molecule has 0 spiro atoms. The number of carboxylic acid groups (broad SMARTS) is 1. The Morgan fingerprint density at radius 2 is 1.62 bits per heavy atom. The third-order valence-electron chi connectivity index (χ3n) is 9.12. The Balaban J connectivity index is 1.77. The topological polar surface area (TPSA) is 49.8 Å². The molecule has 1 aliphatic heterocycles. The van der Waals surface area contributed by atoms with E-state index >= 15 is 0 Å². The molecule has 214 valence electrons. The molecule has 0 aliphatic carbocycles. The molecule has 0 amide bonds. The number of ether oxygens (including phenoxy) is 1. The zero-order valence-corrected chi connectivity index (χ0v) is 25.5. The van der Waals surface area contributed by atoms with Crippen LogP contribution in [0.1, 0.15) is 47.1 Å². The molecule has 1 N–H and O–H groups in total. The molecule has 0 saturated carbocycles. The largest absolute Gasteiger partial charge is 0.496 e. The van der Waals surface area contributed by atoms with Crippen LogP contribution in [-0.2, 0) is 17.5 Å². The highest BCUT2D eigenvalue weighted by atomic mass is 19.4. The zero-order valence-electron chi connectivity index (χ0n) is 25.5. The van der Waals surface area contributed by atoms with E-state index < -0.39 is 23.8 Å². The normalized spacial score (nSPS) is 16.2. The van der Waals surface area contributed by atoms with Gasteiger partial charge in [-0.2, -0.15) is 13.2 Å². The van der Waals surface area contributed by atoms with E-state index in [0.717, 1.165) is 35.6 Å². The number of alkyl halides is 3. The molecule has 0 aromatic heterocycles. The minimum absolute atomic E-state index is 0.00397. The van der Waals surface area contributed by atoms with Crippen LogP contribution in [-0.4, -0.2) is 74.9 Å². The first-order chi connectivity index (χ1) is 19.8. The molecular weight excluding hydrogens is 533 g/mol. The smallest absolute Gasteiger partial charge is 0.417 e. The highest BCUT2D eigenvalue weighted by molar-refractivity contribution is 6.68. The lowest BCUT2D eigenvalue weighted by Gasteiger charge is -2.33. The highest BCUT2D eigenvalue weighted by Crippen LogP contribution is 2.38. The SMILES string of the molecule is Bc1c(B)c(B)c(-c2cccc(/C=C/c3cc(OC)c(CN4CCCC[C@H]4C(=O)O)cc3C(F)(F)F)c2C)c(B)c1B. The van der Waals surface area contributed by atoms with E-state index in [-0.39, 0.29) is 12.1 Å². The van der Waals surface area contributed by atoms with Crippen molar-refractivity contribution in [3.05, 3.63) is 58.1 Å². The van der Waals surface area contributed by atoms with Crippen molar-refractivity contribution in [2.45, 2.75) is 44.9 Å². The molecule has 4 rings (SSSR count). The van der Waals surface area contributed by atoms with E-state index in [9.17, 15) is 23.1 Å². The predicted molar refractivity (Wildman–Crippen MR) is 180 cm³/mol. The number of carbonyl (C=O) groups is 1. The summed E-state index contributed by atoms with van der Waals surface area (Å²) in [5.41, 5.74) is 9.78. The van der Waals surface area contributed by atoms with Crippen molar-refractivity contribution in [2.24, 2.45) is 0 Å². The van der Waals surface area contributed by atoms with Gasteiger partial charge in [-0.3, -0.25) is 9.69 Å². The van der Waals surface area contributed by atoms with Gasteiger partial charge in [-0.25, -0.2) is 0 Å². The lowest BCUT2D eigenvalue weighted by molar-refractivity contribution is -0.145. The molecule has 1 heterocycles. The van der Waals surface area contributed by atoms with E-state index in [1.54, 1.807) is 11.0 Å². The lowest BCUT2D eigenvalue weighted by Crippen LogP contribution is -2.55. The molecule has 3 aromatic rings. The van der Waals surface area contributed by atoms with Crippen LogP contribution in [0.25, 0.3) is 23.3 Å². The van der Waals surface area contributed by atoms with Crippen molar-refractivity contribution in [3.63, 3.8) is 0 Å². The second kappa shape index (κ2) is 12.5. The Kier molecular flexibility index (Phi) is 9.46. The second-order valence-corrected chi connectivity index (χ2v) is 11.4. The van der Waals surface area contributed by atoms with E-state index in [2.05, 4.69) is 45.3 Å². The first-order valence-corrected chi connectivity index (χ1v) is 14.4. The molecule has 1 saturated heterocycles. The van der Waals surface area contributed by atoms with Crippen LogP contribution in [0.2, 0.25) is 0 Å². The number of carboxylic acids is 1. The van der Waals surface area contributed by atoms with E-state index in [1.807, 2.05) is 19.1 Å². The van der Waals surface area contributed by atoms with Gasteiger partial charge in [0.25, 0.3) is 0 Å². The molecule has 12 heteroatoms. The lowest BCUT2D eigenvalue weighted by atomic mass is 9.59. The Labute approximate surface area is 250 Å². The number of nitrogens with zero attached hydrogens (tertiary/aromatic N) is 1. The molecule has 0 radical (unpaired) electrons. The maximum absolute atomic E-state index is 14.4. The van der Waals surface area contributed by atoms with Crippen molar-refractivity contribution in [1.29, 1.82) is 0 Å². The molecule has 0 unspecified atom stereocenters. The quantitative estimate of drug-likeness (QED) is 0.281. The number of aliphatic carboxylic acids is 1. The summed E-state index contributed by atoms with van der Waals surface area (Å²) in [5.74, 6) is -0.650. The van der Waals surface area contributed by atoms with E-state index in [4.69, 9.17) is 4.74 Å². The van der Waals surface area contributed by atoms with Crippen molar-refractivity contribution in [3.8, 4) is 16.9 Å². The number of rotatable bonds is 7. The van der Waals surface area contributed by atoms with Crippen molar-refractivity contribution < 1.29 is 27.8 Å². The molecular formula is C30H35B5F3NO3. The summed E-state index contributed by atoms with van der Waals surface area (Å²) in [6.45, 7) is 2.59. The highest BCUT2D eigenvalue weighted by Gasteiger charge is 2.35. The number of methoxy groups -OCH3 is 1. The summed E-state index contributed by atoms with van der Waals surface area (Å²) in [5, 5.41) is 9.64. The molecule has 42 heavy (non-hydrogen) atoms. The predicted octanol–water partition coefficient (Wildman–Crippen LogP) is -1.41. The van der Waals surface area contributed by atoms with Crippen LogP contribution in [0.4, 0.5) is 13.2 Å². The number of piperidine rings is 1. The maximum Gasteiger partial charge on any atom is 0.417 e. The molecule has 4 nitrogen and oxygen atoms in total. The van der Waals surface area contributed by atoms with Crippen molar-refractivity contribution in [2.75, 3.05) is 13.7 Å². The molecule has 1 aliphatic rings. The van der Waals surface area contributed by atoms with Crippen LogP contribution in [0, 0.1) is 6.92 Å². The van der Waals surface area contributed by atoms with Crippen LogP contribution < -0.4 is 32.1 Å². The Morgan fingerprint density at radius 3 is 2.21 bits per heavy atom. The number of hydrogen-bond acceptors (Lipinski definition) is 3. The standard InChI is InChI=1S/C30H35B5F3NO3/c1-15-16(6-5-7-19(15)23-24(31)26(33)28(35)27(34)25(23)32)9-10-17-13-22(42-2)18(12-20(17)30(36,37)38)14-39-11-4-3-8-21(39)29(40)41/h5-7,9-10,12-13,21H,3-4,8,11,14,31-35H2,1-2H3,(H,40,41)/b10-9+/t21-/m0/s1. The van der Waals surface area contributed by atoms with Gasteiger partial charge in [0.1, 0.15) is 51.0 Å². The van der Waals surface area contributed by atoms with Crippen molar-refractivity contribution >= 4 is 84.7 Å². The van der Waals surface area contributed by atoms with Gasteiger partial charge in [0.2, 0.25) is 0 Å². The van der Waals surface area contributed by atoms with Crippen LogP contribution in [0.3, 0.4) is 0 Å². The first-order valence-electron chi connectivity index (χ1n) is 14.4. The summed E-state index contributed by atoms with van der Waals surface area (Å²) < 4.78 is 48.6. The first kappa shape index (κ1) is 31.7. The Hall–Kier alpha value is -3.26. The van der Waals surface area contributed by atoms with E-state index in [1.165, 1.54) is 52.1 Å². The maximum atomic E-state index is 14.4. The monoisotopic (exact) mass is 569 g/mol. The van der Waals surface area contributed by atoms with Gasteiger partial charge in [0.05, 0.1) is 12.7 Å². The summed E-state index contributed by atoms with van der Waals surface area (Å²) in [7, 11) is 12.1. The summed E-state index contributed by atoms with van der Waals surface area (Å²) in [6.07, 6.45) is 0.684. The fourth-order valence-corrected chi connectivity index (χ4v) is 6.20. The van der Waals surface area contributed by atoms with Gasteiger partial charge in [-0.1, -0.05) is 47.7 Å². The van der Waals surface area contributed by atoms with Crippen molar-refractivity contribution in [1.82, 2.24) is 4.90 Å². The average Bonchev–Trinajstić information content (AvgIpc) is 2.95.